The third kappa shape index (κ3) is 1.98. The SMILES string of the molecule is CC1(C)CC1CNc1nccnc1Cl. The zero-order chi connectivity index (χ0) is 10.2. The Labute approximate surface area is 88.9 Å². The summed E-state index contributed by atoms with van der Waals surface area (Å²) in [6, 6.07) is 0. The lowest BCUT2D eigenvalue weighted by Crippen LogP contribution is -2.09. The predicted molar refractivity (Wildman–Crippen MR) is 57.4 cm³/mol. The lowest BCUT2D eigenvalue weighted by Gasteiger charge is -2.07. The molecule has 1 aromatic rings. The molecule has 1 fully saturated rings. The third-order valence-corrected chi connectivity index (χ3v) is 3.16. The van der Waals surface area contributed by atoms with E-state index in [0.717, 1.165) is 12.5 Å². The molecule has 1 aliphatic carbocycles. The van der Waals surface area contributed by atoms with Gasteiger partial charge in [0.25, 0.3) is 0 Å². The van der Waals surface area contributed by atoms with Gasteiger partial charge in [0, 0.05) is 18.9 Å². The summed E-state index contributed by atoms with van der Waals surface area (Å²) >= 11 is 5.86. The highest BCUT2D eigenvalue weighted by molar-refractivity contribution is 6.31. The van der Waals surface area contributed by atoms with Crippen molar-refractivity contribution in [3.05, 3.63) is 17.5 Å². The summed E-state index contributed by atoms with van der Waals surface area (Å²) in [4.78, 5) is 8.07. The van der Waals surface area contributed by atoms with Gasteiger partial charge in [-0.1, -0.05) is 25.4 Å². The highest BCUT2D eigenvalue weighted by Gasteiger charge is 2.45. The number of rotatable bonds is 3. The van der Waals surface area contributed by atoms with Crippen molar-refractivity contribution in [2.45, 2.75) is 20.3 Å². The Hall–Kier alpha value is -0.830. The molecule has 1 aromatic heterocycles. The summed E-state index contributed by atoms with van der Waals surface area (Å²) in [5.41, 5.74) is 0.488. The lowest BCUT2D eigenvalue weighted by atomic mass is 10.1. The van der Waals surface area contributed by atoms with Crippen LogP contribution in [-0.4, -0.2) is 16.5 Å². The molecule has 0 radical (unpaired) electrons. The molecule has 0 bridgehead atoms. The van der Waals surface area contributed by atoms with Gasteiger partial charge in [0.2, 0.25) is 0 Å². The molecule has 0 aromatic carbocycles. The number of nitrogens with one attached hydrogen (secondary N) is 1. The van der Waals surface area contributed by atoms with E-state index in [2.05, 4.69) is 29.1 Å². The second kappa shape index (κ2) is 3.39. The van der Waals surface area contributed by atoms with Gasteiger partial charge in [0.15, 0.2) is 11.0 Å². The smallest absolute Gasteiger partial charge is 0.171 e. The van der Waals surface area contributed by atoms with Crippen LogP contribution in [0, 0.1) is 11.3 Å². The van der Waals surface area contributed by atoms with Gasteiger partial charge < -0.3 is 5.32 Å². The molecule has 1 unspecified atom stereocenters. The van der Waals surface area contributed by atoms with Crippen LogP contribution in [0.3, 0.4) is 0 Å². The van der Waals surface area contributed by atoms with Gasteiger partial charge in [-0.15, -0.1) is 0 Å². The van der Waals surface area contributed by atoms with Gasteiger partial charge in [-0.05, 0) is 17.8 Å². The van der Waals surface area contributed by atoms with Crippen LogP contribution >= 0.6 is 11.6 Å². The molecule has 0 saturated heterocycles. The van der Waals surface area contributed by atoms with Gasteiger partial charge in [0.05, 0.1) is 0 Å². The maximum Gasteiger partial charge on any atom is 0.171 e. The van der Waals surface area contributed by atoms with Gasteiger partial charge in [-0.2, -0.15) is 0 Å². The summed E-state index contributed by atoms with van der Waals surface area (Å²) in [6.07, 6.45) is 4.51. The number of hydrogen-bond donors (Lipinski definition) is 1. The first-order valence-electron chi connectivity index (χ1n) is 4.80. The molecular formula is C10H14ClN3. The number of anilines is 1. The fourth-order valence-electron chi connectivity index (χ4n) is 1.58. The van der Waals surface area contributed by atoms with Crippen LogP contribution in [0.5, 0.6) is 0 Å². The molecule has 1 heterocycles. The highest BCUT2D eigenvalue weighted by atomic mass is 35.5. The maximum atomic E-state index is 5.86. The van der Waals surface area contributed by atoms with Crippen LogP contribution in [0.2, 0.25) is 5.15 Å². The first kappa shape index (κ1) is 9.71. The first-order valence-corrected chi connectivity index (χ1v) is 5.18. The van der Waals surface area contributed by atoms with E-state index in [9.17, 15) is 0 Å². The van der Waals surface area contributed by atoms with E-state index in [4.69, 9.17) is 11.6 Å². The Kier molecular flexibility index (Phi) is 2.35. The second-order valence-electron chi connectivity index (χ2n) is 4.47. The first-order chi connectivity index (χ1) is 6.59. The topological polar surface area (TPSA) is 37.8 Å². The molecule has 3 nitrogen and oxygen atoms in total. The van der Waals surface area contributed by atoms with E-state index in [1.807, 2.05) is 0 Å². The molecule has 1 saturated carbocycles. The summed E-state index contributed by atoms with van der Waals surface area (Å²) in [6.45, 7) is 5.49. The normalized spacial score (nSPS) is 23.2. The zero-order valence-electron chi connectivity index (χ0n) is 8.42. The third-order valence-electron chi connectivity index (χ3n) is 2.89. The molecule has 2 rings (SSSR count). The number of aromatic nitrogens is 2. The van der Waals surface area contributed by atoms with Crippen molar-refractivity contribution in [2.75, 3.05) is 11.9 Å². The minimum atomic E-state index is 0.450. The van der Waals surface area contributed by atoms with Crippen LogP contribution in [0.4, 0.5) is 5.82 Å². The Bertz CT molecular complexity index is 338. The van der Waals surface area contributed by atoms with Crippen molar-refractivity contribution >= 4 is 17.4 Å². The van der Waals surface area contributed by atoms with Crippen LogP contribution < -0.4 is 5.32 Å². The average Bonchev–Trinajstić information content (AvgIpc) is 2.73. The van der Waals surface area contributed by atoms with Gasteiger partial charge in [-0.3, -0.25) is 0 Å². The molecule has 0 spiro atoms. The Morgan fingerprint density at radius 2 is 2.14 bits per heavy atom. The zero-order valence-corrected chi connectivity index (χ0v) is 9.17. The van der Waals surface area contributed by atoms with Crippen molar-refractivity contribution in [1.82, 2.24) is 9.97 Å². The Balaban J connectivity index is 1.90. The minimum absolute atomic E-state index is 0.450. The Morgan fingerprint density at radius 1 is 1.50 bits per heavy atom. The summed E-state index contributed by atoms with van der Waals surface area (Å²) < 4.78 is 0. The van der Waals surface area contributed by atoms with Crippen molar-refractivity contribution in [2.24, 2.45) is 11.3 Å². The molecule has 0 aliphatic heterocycles. The van der Waals surface area contributed by atoms with Gasteiger partial charge >= 0.3 is 0 Å². The fourth-order valence-corrected chi connectivity index (χ4v) is 1.76. The van der Waals surface area contributed by atoms with E-state index in [0.29, 0.717) is 16.4 Å². The number of halogens is 1. The maximum absolute atomic E-state index is 5.86. The van der Waals surface area contributed by atoms with Crippen molar-refractivity contribution < 1.29 is 0 Å². The van der Waals surface area contributed by atoms with Gasteiger partial charge in [-0.25, -0.2) is 9.97 Å². The summed E-state index contributed by atoms with van der Waals surface area (Å²) in [7, 11) is 0. The van der Waals surface area contributed by atoms with Crippen molar-refractivity contribution in [3.8, 4) is 0 Å². The molecular weight excluding hydrogens is 198 g/mol. The molecule has 1 atom stereocenters. The summed E-state index contributed by atoms with van der Waals surface area (Å²) in [5, 5.41) is 3.67. The van der Waals surface area contributed by atoms with E-state index < -0.39 is 0 Å². The summed E-state index contributed by atoms with van der Waals surface area (Å²) in [5.74, 6) is 1.43. The van der Waals surface area contributed by atoms with Crippen LogP contribution in [0.25, 0.3) is 0 Å². The van der Waals surface area contributed by atoms with Crippen LogP contribution in [-0.2, 0) is 0 Å². The molecule has 76 valence electrons. The van der Waals surface area contributed by atoms with E-state index in [1.165, 1.54) is 6.42 Å². The standard InChI is InChI=1S/C10H14ClN3/c1-10(2)5-7(10)6-14-9-8(11)12-3-4-13-9/h3-4,7H,5-6H2,1-2H3,(H,13,14). The van der Waals surface area contributed by atoms with E-state index in [1.54, 1.807) is 12.4 Å². The van der Waals surface area contributed by atoms with Crippen LogP contribution in [0.15, 0.2) is 12.4 Å². The average molecular weight is 212 g/mol. The highest BCUT2D eigenvalue weighted by Crippen LogP contribution is 2.51. The number of nitrogens with zero attached hydrogens (tertiary/aromatic N) is 2. The quantitative estimate of drug-likeness (QED) is 0.835. The minimum Gasteiger partial charge on any atom is -0.367 e. The lowest BCUT2D eigenvalue weighted by molar-refractivity contribution is 0.573. The predicted octanol–water partition coefficient (Wildman–Crippen LogP) is 2.59. The van der Waals surface area contributed by atoms with Crippen molar-refractivity contribution in [3.63, 3.8) is 0 Å². The molecule has 1 aliphatic rings. The largest absolute Gasteiger partial charge is 0.367 e. The monoisotopic (exact) mass is 211 g/mol. The molecule has 14 heavy (non-hydrogen) atoms. The molecule has 1 N–H and O–H groups in total. The fraction of sp³-hybridized carbons (Fsp3) is 0.600. The van der Waals surface area contributed by atoms with E-state index in [-0.39, 0.29) is 0 Å². The van der Waals surface area contributed by atoms with Crippen LogP contribution in [0.1, 0.15) is 20.3 Å². The number of hydrogen-bond acceptors (Lipinski definition) is 3. The molecule has 0 amide bonds. The van der Waals surface area contributed by atoms with Crippen molar-refractivity contribution in [1.29, 1.82) is 0 Å². The molecule has 4 heteroatoms. The second-order valence-corrected chi connectivity index (χ2v) is 4.82. The van der Waals surface area contributed by atoms with Gasteiger partial charge in [0.1, 0.15) is 0 Å². The Morgan fingerprint density at radius 3 is 2.71 bits per heavy atom. The van der Waals surface area contributed by atoms with E-state index >= 15 is 0 Å².